The van der Waals surface area contributed by atoms with E-state index in [0.717, 1.165) is 5.56 Å². The molecule has 8 heteroatoms. The first-order chi connectivity index (χ1) is 11.3. The molecule has 3 rings (SSSR count). The van der Waals surface area contributed by atoms with Gasteiger partial charge in [0.25, 0.3) is 5.89 Å². The summed E-state index contributed by atoms with van der Waals surface area (Å²) in [7, 11) is 0. The zero-order valence-electron chi connectivity index (χ0n) is 12.9. The number of rotatable bonds is 7. The van der Waals surface area contributed by atoms with Crippen molar-refractivity contribution in [3.8, 4) is 17.1 Å². The lowest BCUT2D eigenvalue weighted by Crippen LogP contribution is -2.02. The summed E-state index contributed by atoms with van der Waals surface area (Å²) in [5, 5.41) is 10.6. The van der Waals surface area contributed by atoms with Crippen LogP contribution in [0.4, 0.5) is 0 Å². The quantitative estimate of drug-likeness (QED) is 0.715. The number of H-pyrrole nitrogens is 1. The highest BCUT2D eigenvalue weighted by molar-refractivity contribution is 5.63. The maximum absolute atomic E-state index is 5.78. The van der Waals surface area contributed by atoms with Gasteiger partial charge in [0.2, 0.25) is 0 Å². The molecule has 0 unspecified atom stereocenters. The Bertz CT molecular complexity index is 741. The molecule has 0 fully saturated rings. The normalized spacial score (nSPS) is 12.3. The third-order valence-electron chi connectivity index (χ3n) is 3.17. The minimum atomic E-state index is -0.209. The van der Waals surface area contributed by atoms with Gasteiger partial charge in [0.1, 0.15) is 18.2 Å². The summed E-state index contributed by atoms with van der Waals surface area (Å²) in [6.45, 7) is 4.54. The van der Waals surface area contributed by atoms with E-state index in [-0.39, 0.29) is 12.7 Å². The zero-order chi connectivity index (χ0) is 16.1. The summed E-state index contributed by atoms with van der Waals surface area (Å²) in [4.78, 5) is 8.41. The van der Waals surface area contributed by atoms with E-state index in [1.165, 1.54) is 6.33 Å². The standard InChI is InChI=1S/C15H17N5O3/c1-3-21-10(2)14-18-13(23-20-14)8-22-12-7-5-4-6-11(12)15-16-9-17-19-15/h4-7,9-10H,3,8H2,1-2H3,(H,16,17,19)/t10-/m1/s1. The average molecular weight is 315 g/mol. The molecule has 23 heavy (non-hydrogen) atoms. The fourth-order valence-electron chi connectivity index (χ4n) is 2.08. The third kappa shape index (κ3) is 3.54. The van der Waals surface area contributed by atoms with Gasteiger partial charge in [-0.05, 0) is 26.0 Å². The molecule has 0 saturated heterocycles. The molecule has 0 aliphatic carbocycles. The number of nitrogens with zero attached hydrogens (tertiary/aromatic N) is 4. The summed E-state index contributed by atoms with van der Waals surface area (Å²) in [5.74, 6) is 2.19. The van der Waals surface area contributed by atoms with Gasteiger partial charge in [0, 0.05) is 6.61 Å². The molecule has 1 atom stereocenters. The molecular weight excluding hydrogens is 298 g/mol. The van der Waals surface area contributed by atoms with Gasteiger partial charge in [0.05, 0.1) is 5.56 Å². The lowest BCUT2D eigenvalue weighted by Gasteiger charge is -2.07. The molecule has 1 N–H and O–H groups in total. The maximum Gasteiger partial charge on any atom is 0.264 e. The Hall–Kier alpha value is -2.74. The Kier molecular flexibility index (Phi) is 4.62. The number of nitrogens with one attached hydrogen (secondary N) is 1. The monoisotopic (exact) mass is 315 g/mol. The summed E-state index contributed by atoms with van der Waals surface area (Å²) < 4.78 is 16.4. The zero-order valence-corrected chi connectivity index (χ0v) is 12.9. The molecule has 120 valence electrons. The Morgan fingerprint density at radius 2 is 2.17 bits per heavy atom. The van der Waals surface area contributed by atoms with E-state index >= 15 is 0 Å². The second-order valence-electron chi connectivity index (χ2n) is 4.76. The Balaban J connectivity index is 1.70. The third-order valence-corrected chi connectivity index (χ3v) is 3.17. The van der Waals surface area contributed by atoms with Crippen molar-refractivity contribution in [1.29, 1.82) is 0 Å². The van der Waals surface area contributed by atoms with Crippen LogP contribution in [0.2, 0.25) is 0 Å². The maximum atomic E-state index is 5.78. The van der Waals surface area contributed by atoms with Gasteiger partial charge in [-0.2, -0.15) is 10.1 Å². The van der Waals surface area contributed by atoms with Crippen molar-refractivity contribution in [3.05, 3.63) is 42.3 Å². The van der Waals surface area contributed by atoms with Crippen LogP contribution in [0.5, 0.6) is 5.75 Å². The second kappa shape index (κ2) is 7.01. The number of aromatic amines is 1. The first-order valence-corrected chi connectivity index (χ1v) is 7.29. The van der Waals surface area contributed by atoms with Crippen LogP contribution in [0.3, 0.4) is 0 Å². The predicted molar refractivity (Wildman–Crippen MR) is 80.5 cm³/mol. The first kappa shape index (κ1) is 15.2. The molecule has 3 aromatic rings. The average Bonchev–Trinajstić information content (AvgIpc) is 3.25. The highest BCUT2D eigenvalue weighted by Gasteiger charge is 2.15. The van der Waals surface area contributed by atoms with Crippen LogP contribution in [0, 0.1) is 0 Å². The topological polar surface area (TPSA) is 99.0 Å². The molecule has 0 aliphatic heterocycles. The van der Waals surface area contributed by atoms with Gasteiger partial charge in [-0.25, -0.2) is 4.98 Å². The summed E-state index contributed by atoms with van der Waals surface area (Å²) in [6.07, 6.45) is 1.24. The van der Waals surface area contributed by atoms with Crippen LogP contribution >= 0.6 is 0 Å². The van der Waals surface area contributed by atoms with Gasteiger partial charge in [0.15, 0.2) is 18.3 Å². The molecule has 2 aromatic heterocycles. The minimum absolute atomic E-state index is 0.164. The van der Waals surface area contributed by atoms with E-state index in [1.807, 2.05) is 38.1 Å². The van der Waals surface area contributed by atoms with E-state index in [2.05, 4.69) is 25.3 Å². The first-order valence-electron chi connectivity index (χ1n) is 7.29. The number of hydrogen-bond donors (Lipinski definition) is 1. The van der Waals surface area contributed by atoms with E-state index < -0.39 is 0 Å². The number of benzene rings is 1. The molecule has 0 saturated carbocycles. The second-order valence-corrected chi connectivity index (χ2v) is 4.76. The Morgan fingerprint density at radius 3 is 2.96 bits per heavy atom. The van der Waals surface area contributed by atoms with Gasteiger partial charge in [-0.1, -0.05) is 17.3 Å². The van der Waals surface area contributed by atoms with Crippen molar-refractivity contribution in [2.24, 2.45) is 0 Å². The van der Waals surface area contributed by atoms with E-state index in [0.29, 0.717) is 29.9 Å². The van der Waals surface area contributed by atoms with Crippen LogP contribution in [0.15, 0.2) is 35.1 Å². The molecule has 0 bridgehead atoms. The predicted octanol–water partition coefficient (Wildman–Crippen LogP) is 2.53. The van der Waals surface area contributed by atoms with Crippen LogP contribution in [-0.4, -0.2) is 31.9 Å². The fourth-order valence-corrected chi connectivity index (χ4v) is 2.08. The van der Waals surface area contributed by atoms with E-state index in [1.54, 1.807) is 0 Å². The molecule has 0 spiro atoms. The highest BCUT2D eigenvalue weighted by Crippen LogP contribution is 2.27. The number of aromatic nitrogens is 5. The van der Waals surface area contributed by atoms with Crippen LogP contribution in [-0.2, 0) is 11.3 Å². The van der Waals surface area contributed by atoms with Gasteiger partial charge >= 0.3 is 0 Å². The number of para-hydroxylation sites is 1. The SMILES string of the molecule is CCO[C@H](C)c1noc(COc2ccccc2-c2ncn[nH]2)n1. The lowest BCUT2D eigenvalue weighted by atomic mass is 10.2. The van der Waals surface area contributed by atoms with E-state index in [9.17, 15) is 0 Å². The minimum Gasteiger partial charge on any atom is -0.483 e. The van der Waals surface area contributed by atoms with Crippen molar-refractivity contribution in [2.45, 2.75) is 26.6 Å². The molecule has 2 heterocycles. The summed E-state index contributed by atoms with van der Waals surface area (Å²) in [6, 6.07) is 7.52. The van der Waals surface area contributed by atoms with Crippen molar-refractivity contribution in [1.82, 2.24) is 25.3 Å². The summed E-state index contributed by atoms with van der Waals surface area (Å²) >= 11 is 0. The van der Waals surface area contributed by atoms with Gasteiger partial charge in [-0.3, -0.25) is 5.10 Å². The van der Waals surface area contributed by atoms with E-state index in [4.69, 9.17) is 14.0 Å². The van der Waals surface area contributed by atoms with Crippen LogP contribution < -0.4 is 4.74 Å². The number of hydrogen-bond acceptors (Lipinski definition) is 7. The molecule has 1 aromatic carbocycles. The molecule has 0 aliphatic rings. The smallest absolute Gasteiger partial charge is 0.264 e. The Morgan fingerprint density at radius 1 is 1.30 bits per heavy atom. The van der Waals surface area contributed by atoms with Crippen molar-refractivity contribution >= 4 is 0 Å². The van der Waals surface area contributed by atoms with Crippen LogP contribution in [0.1, 0.15) is 31.7 Å². The Labute approximate surface area is 132 Å². The van der Waals surface area contributed by atoms with Crippen molar-refractivity contribution in [3.63, 3.8) is 0 Å². The lowest BCUT2D eigenvalue weighted by molar-refractivity contribution is 0.0683. The largest absolute Gasteiger partial charge is 0.483 e. The van der Waals surface area contributed by atoms with Crippen LogP contribution in [0.25, 0.3) is 11.4 Å². The summed E-state index contributed by atoms with van der Waals surface area (Å²) in [5.41, 5.74) is 0.812. The van der Waals surface area contributed by atoms with Crippen molar-refractivity contribution in [2.75, 3.05) is 6.61 Å². The van der Waals surface area contributed by atoms with Crippen molar-refractivity contribution < 1.29 is 14.0 Å². The molecule has 0 radical (unpaired) electrons. The molecule has 0 amide bonds. The fraction of sp³-hybridized carbons (Fsp3) is 0.333. The highest BCUT2D eigenvalue weighted by atomic mass is 16.5. The molecule has 8 nitrogen and oxygen atoms in total. The van der Waals surface area contributed by atoms with Gasteiger partial charge < -0.3 is 14.0 Å². The van der Waals surface area contributed by atoms with Gasteiger partial charge in [-0.15, -0.1) is 0 Å². The number of ether oxygens (including phenoxy) is 2. The molecular formula is C15H17N5O3.